The molecule has 0 fully saturated rings. The van der Waals surface area contributed by atoms with Gasteiger partial charge in [0.05, 0.1) is 17.5 Å². The largest absolute Gasteiger partial charge is 0.298 e. The number of nitrogens with zero attached hydrogens (tertiary/aromatic N) is 4. The molecule has 11 heteroatoms. The van der Waals surface area contributed by atoms with Crippen LogP contribution >= 0.6 is 11.3 Å². The second-order valence-corrected chi connectivity index (χ2v) is 8.93. The minimum Gasteiger partial charge on any atom is -0.298 e. The van der Waals surface area contributed by atoms with Crippen LogP contribution in [0, 0.1) is 0 Å². The zero-order valence-corrected chi connectivity index (χ0v) is 17.3. The van der Waals surface area contributed by atoms with Crippen LogP contribution in [0.25, 0.3) is 17.1 Å². The number of rotatable bonds is 6. The van der Waals surface area contributed by atoms with Crippen molar-refractivity contribution in [3.05, 3.63) is 72.3 Å². The number of carbonyl (C=O) groups is 1. The van der Waals surface area contributed by atoms with Gasteiger partial charge in [0.1, 0.15) is 12.1 Å². The number of thiazole rings is 1. The number of hydrogen-bond donors (Lipinski definition) is 2. The van der Waals surface area contributed by atoms with Gasteiger partial charge in [-0.25, -0.2) is 23.4 Å². The Kier molecular flexibility index (Phi) is 5.29. The van der Waals surface area contributed by atoms with Gasteiger partial charge >= 0.3 is 0 Å². The van der Waals surface area contributed by atoms with Crippen LogP contribution in [-0.2, 0) is 10.0 Å². The van der Waals surface area contributed by atoms with Crippen molar-refractivity contribution in [2.24, 2.45) is 0 Å². The SMILES string of the molecule is CS(=O)(=O)Nc1ccc(-c2csc(NC(=O)c3ccc(-n4ccnc4)nc3)n2)cc1. The van der Waals surface area contributed by atoms with E-state index in [-0.39, 0.29) is 5.91 Å². The molecule has 0 aliphatic rings. The van der Waals surface area contributed by atoms with Crippen LogP contribution in [0.4, 0.5) is 10.8 Å². The minimum absolute atomic E-state index is 0.312. The van der Waals surface area contributed by atoms with Gasteiger partial charge in [0.2, 0.25) is 10.0 Å². The fourth-order valence-electron chi connectivity index (χ4n) is 2.62. The number of hydrogen-bond acceptors (Lipinski definition) is 7. The highest BCUT2D eigenvalue weighted by molar-refractivity contribution is 7.92. The van der Waals surface area contributed by atoms with E-state index >= 15 is 0 Å². The van der Waals surface area contributed by atoms with Crippen molar-refractivity contribution >= 4 is 38.1 Å². The maximum atomic E-state index is 12.5. The van der Waals surface area contributed by atoms with Crippen molar-refractivity contribution in [1.29, 1.82) is 0 Å². The zero-order chi connectivity index (χ0) is 21.1. The molecular formula is C19H16N6O3S2. The third-order valence-corrected chi connectivity index (χ3v) is 5.35. The molecule has 4 rings (SSSR count). The molecule has 0 saturated heterocycles. The lowest BCUT2D eigenvalue weighted by Crippen LogP contribution is -2.12. The molecule has 9 nitrogen and oxygen atoms in total. The van der Waals surface area contributed by atoms with Crippen molar-refractivity contribution in [2.45, 2.75) is 0 Å². The quantitative estimate of drug-likeness (QED) is 0.476. The van der Waals surface area contributed by atoms with Gasteiger partial charge < -0.3 is 0 Å². The van der Waals surface area contributed by atoms with E-state index in [2.05, 4.69) is 25.0 Å². The van der Waals surface area contributed by atoms with Gasteiger partial charge in [0.15, 0.2) is 5.13 Å². The van der Waals surface area contributed by atoms with E-state index in [1.807, 2.05) is 5.38 Å². The number of anilines is 2. The molecule has 1 amide bonds. The molecule has 2 N–H and O–H groups in total. The number of nitrogens with one attached hydrogen (secondary N) is 2. The fourth-order valence-corrected chi connectivity index (χ4v) is 3.90. The van der Waals surface area contributed by atoms with Crippen molar-refractivity contribution in [2.75, 3.05) is 16.3 Å². The fraction of sp³-hybridized carbons (Fsp3) is 0.0526. The highest BCUT2D eigenvalue weighted by Gasteiger charge is 2.11. The van der Waals surface area contributed by atoms with E-state index in [1.165, 1.54) is 17.5 Å². The summed E-state index contributed by atoms with van der Waals surface area (Å²) in [6.45, 7) is 0. The highest BCUT2D eigenvalue weighted by atomic mass is 32.2. The summed E-state index contributed by atoms with van der Waals surface area (Å²) in [5.41, 5.74) is 2.36. The standard InChI is InChI=1S/C19H16N6O3S2/c1-30(27,28)24-15-5-2-13(3-6-15)16-11-29-19(22-16)23-18(26)14-4-7-17(21-10-14)25-9-8-20-12-25/h2-12,24H,1H3,(H,22,23,26). The Morgan fingerprint density at radius 3 is 2.57 bits per heavy atom. The molecule has 0 bridgehead atoms. The molecule has 4 aromatic rings. The number of aromatic nitrogens is 4. The van der Waals surface area contributed by atoms with Crippen LogP contribution in [0.3, 0.4) is 0 Å². The van der Waals surface area contributed by atoms with Crippen molar-refractivity contribution in [3.8, 4) is 17.1 Å². The van der Waals surface area contributed by atoms with E-state index in [1.54, 1.807) is 59.7 Å². The Balaban J connectivity index is 1.43. The summed E-state index contributed by atoms with van der Waals surface area (Å²) in [6, 6.07) is 10.2. The molecule has 0 saturated carbocycles. The Labute approximate surface area is 176 Å². The monoisotopic (exact) mass is 440 g/mol. The molecule has 3 heterocycles. The van der Waals surface area contributed by atoms with Gasteiger partial charge in [0.25, 0.3) is 5.91 Å². The van der Waals surface area contributed by atoms with Gasteiger partial charge in [-0.1, -0.05) is 12.1 Å². The number of sulfonamides is 1. The predicted molar refractivity (Wildman–Crippen MR) is 115 cm³/mol. The molecule has 30 heavy (non-hydrogen) atoms. The summed E-state index contributed by atoms with van der Waals surface area (Å²) >= 11 is 1.30. The van der Waals surface area contributed by atoms with Crippen LogP contribution in [0.5, 0.6) is 0 Å². The predicted octanol–water partition coefficient (Wildman–Crippen LogP) is 3.01. The molecule has 0 aliphatic heterocycles. The van der Waals surface area contributed by atoms with Crippen LogP contribution < -0.4 is 10.0 Å². The summed E-state index contributed by atoms with van der Waals surface area (Å²) in [7, 11) is -3.33. The van der Waals surface area contributed by atoms with Crippen molar-refractivity contribution in [1.82, 2.24) is 19.5 Å². The Hall–Kier alpha value is -3.57. The number of pyridine rings is 1. The lowest BCUT2D eigenvalue weighted by Gasteiger charge is -2.05. The lowest BCUT2D eigenvalue weighted by molar-refractivity contribution is 0.102. The van der Waals surface area contributed by atoms with Gasteiger partial charge in [-0.2, -0.15) is 0 Å². The Morgan fingerprint density at radius 1 is 1.13 bits per heavy atom. The average Bonchev–Trinajstić information content (AvgIpc) is 3.40. The van der Waals surface area contributed by atoms with E-state index in [0.717, 1.165) is 11.8 Å². The highest BCUT2D eigenvalue weighted by Crippen LogP contribution is 2.26. The number of carbonyl (C=O) groups excluding carboxylic acids is 1. The Morgan fingerprint density at radius 2 is 1.93 bits per heavy atom. The van der Waals surface area contributed by atoms with Gasteiger partial charge in [-0.05, 0) is 24.3 Å². The van der Waals surface area contributed by atoms with E-state index in [4.69, 9.17) is 0 Å². The Bertz CT molecular complexity index is 1260. The number of benzene rings is 1. The van der Waals surface area contributed by atoms with Gasteiger partial charge in [0, 0.05) is 35.2 Å². The molecule has 0 atom stereocenters. The molecule has 0 spiro atoms. The second kappa shape index (κ2) is 8.05. The first kappa shape index (κ1) is 19.7. The molecule has 0 aliphatic carbocycles. The average molecular weight is 441 g/mol. The smallest absolute Gasteiger partial charge is 0.259 e. The summed E-state index contributed by atoms with van der Waals surface area (Å²) in [6.07, 6.45) is 7.63. The molecule has 0 radical (unpaired) electrons. The minimum atomic E-state index is -3.33. The first-order valence-corrected chi connectivity index (χ1v) is 11.4. The normalized spacial score (nSPS) is 11.2. The van der Waals surface area contributed by atoms with Crippen LogP contribution in [-0.4, -0.2) is 40.1 Å². The number of amides is 1. The molecule has 3 aromatic heterocycles. The molecule has 1 aromatic carbocycles. The maximum Gasteiger partial charge on any atom is 0.259 e. The third-order valence-electron chi connectivity index (χ3n) is 3.99. The van der Waals surface area contributed by atoms with E-state index in [9.17, 15) is 13.2 Å². The van der Waals surface area contributed by atoms with Gasteiger partial charge in [-0.3, -0.25) is 19.4 Å². The summed E-state index contributed by atoms with van der Waals surface area (Å²) in [5, 5.41) is 5.03. The maximum absolute atomic E-state index is 12.5. The molecule has 0 unspecified atom stereocenters. The van der Waals surface area contributed by atoms with Crippen LogP contribution in [0.2, 0.25) is 0 Å². The van der Waals surface area contributed by atoms with Gasteiger partial charge in [-0.15, -0.1) is 11.3 Å². The third kappa shape index (κ3) is 4.70. The first-order chi connectivity index (χ1) is 14.4. The molecule has 152 valence electrons. The molecular weight excluding hydrogens is 424 g/mol. The van der Waals surface area contributed by atoms with E-state index < -0.39 is 10.0 Å². The number of imidazole rings is 1. The zero-order valence-electron chi connectivity index (χ0n) is 15.7. The summed E-state index contributed by atoms with van der Waals surface area (Å²) in [5.74, 6) is 0.350. The van der Waals surface area contributed by atoms with Crippen LogP contribution in [0.1, 0.15) is 10.4 Å². The lowest BCUT2D eigenvalue weighted by atomic mass is 10.1. The summed E-state index contributed by atoms with van der Waals surface area (Å²) < 4.78 is 26.7. The summed E-state index contributed by atoms with van der Waals surface area (Å²) in [4.78, 5) is 25.1. The van der Waals surface area contributed by atoms with Crippen molar-refractivity contribution < 1.29 is 13.2 Å². The van der Waals surface area contributed by atoms with E-state index in [0.29, 0.717) is 27.9 Å². The second-order valence-electron chi connectivity index (χ2n) is 6.32. The topological polar surface area (TPSA) is 119 Å². The van der Waals surface area contributed by atoms with Crippen molar-refractivity contribution in [3.63, 3.8) is 0 Å². The first-order valence-electron chi connectivity index (χ1n) is 8.67. The van der Waals surface area contributed by atoms with Crippen LogP contribution in [0.15, 0.2) is 66.7 Å².